The molecule has 0 aliphatic carbocycles. The molecule has 2 nitrogen and oxygen atoms in total. The van der Waals surface area contributed by atoms with Crippen LogP contribution in [0.15, 0.2) is 53.4 Å². The van der Waals surface area contributed by atoms with E-state index >= 15 is 0 Å². The summed E-state index contributed by atoms with van der Waals surface area (Å²) in [6.45, 7) is 2.86. The van der Waals surface area contributed by atoms with Gasteiger partial charge in [-0.2, -0.15) is 0 Å². The lowest BCUT2D eigenvalue weighted by molar-refractivity contribution is 0.629. The van der Waals surface area contributed by atoms with E-state index in [1.54, 1.807) is 30.0 Å². The Balaban J connectivity index is 1.71. The normalized spacial score (nSPS) is 11.8. The third-order valence-corrected chi connectivity index (χ3v) is 4.92. The Kier molecular flexibility index (Phi) is 7.15. The maximum Gasteiger partial charge on any atom is 0.170 e. The molecule has 1 unspecified atom stereocenters. The van der Waals surface area contributed by atoms with Crippen molar-refractivity contribution in [3.63, 3.8) is 0 Å². The summed E-state index contributed by atoms with van der Waals surface area (Å²) in [7, 11) is 0. The Morgan fingerprint density at radius 2 is 1.91 bits per heavy atom. The first kappa shape index (κ1) is 18.0. The van der Waals surface area contributed by atoms with Gasteiger partial charge in [0.1, 0.15) is 5.82 Å². The van der Waals surface area contributed by atoms with Crippen LogP contribution in [0.5, 0.6) is 0 Å². The minimum absolute atomic E-state index is 0.317. The molecular formula is C17H18ClFN2S2. The average Bonchev–Trinajstić information content (AvgIpc) is 2.54. The average molecular weight is 369 g/mol. The lowest BCUT2D eigenvalue weighted by Crippen LogP contribution is -2.33. The van der Waals surface area contributed by atoms with Gasteiger partial charge in [0.25, 0.3) is 0 Å². The zero-order valence-corrected chi connectivity index (χ0v) is 15.1. The summed E-state index contributed by atoms with van der Waals surface area (Å²) in [5.41, 5.74) is 0.383. The van der Waals surface area contributed by atoms with E-state index in [9.17, 15) is 4.39 Å². The minimum atomic E-state index is -0.317. The Bertz CT molecular complexity index is 649. The molecule has 2 aromatic rings. The van der Waals surface area contributed by atoms with Gasteiger partial charge in [0, 0.05) is 22.2 Å². The third kappa shape index (κ3) is 6.37. The van der Waals surface area contributed by atoms with Crippen LogP contribution in [-0.4, -0.2) is 17.4 Å². The van der Waals surface area contributed by atoms with Gasteiger partial charge < -0.3 is 10.6 Å². The quantitative estimate of drug-likeness (QED) is 0.541. The smallest absolute Gasteiger partial charge is 0.170 e. The summed E-state index contributed by atoms with van der Waals surface area (Å²) in [5, 5.41) is 7.17. The lowest BCUT2D eigenvalue weighted by atomic mass is 10.2. The summed E-state index contributed by atoms with van der Waals surface area (Å²) < 4.78 is 13.5. The van der Waals surface area contributed by atoms with Crippen molar-refractivity contribution in [1.82, 2.24) is 5.32 Å². The highest BCUT2D eigenvalue weighted by atomic mass is 35.5. The fourth-order valence-corrected chi connectivity index (χ4v) is 3.07. The molecule has 2 aromatic carbocycles. The lowest BCUT2D eigenvalue weighted by Gasteiger charge is -2.15. The molecule has 6 heteroatoms. The van der Waals surface area contributed by atoms with Crippen molar-refractivity contribution in [3.05, 3.63) is 59.4 Å². The second-order valence-electron chi connectivity index (χ2n) is 5.18. The first-order valence-electron chi connectivity index (χ1n) is 7.22. The van der Waals surface area contributed by atoms with Gasteiger partial charge in [-0.1, -0.05) is 30.7 Å². The van der Waals surface area contributed by atoms with E-state index in [1.807, 2.05) is 24.3 Å². The number of nitrogens with one attached hydrogen (secondary N) is 2. The zero-order valence-electron chi connectivity index (χ0n) is 12.7. The zero-order chi connectivity index (χ0) is 16.7. The maximum absolute atomic E-state index is 13.5. The van der Waals surface area contributed by atoms with Gasteiger partial charge >= 0.3 is 0 Å². The molecule has 0 radical (unpaired) electrons. The van der Waals surface area contributed by atoms with Crippen LogP contribution >= 0.6 is 35.6 Å². The molecule has 0 aliphatic rings. The molecule has 23 heavy (non-hydrogen) atoms. The summed E-state index contributed by atoms with van der Waals surface area (Å²) in [5.74, 6) is 1.05. The van der Waals surface area contributed by atoms with Crippen LogP contribution in [0.4, 0.5) is 10.1 Å². The molecular weight excluding hydrogens is 351 g/mol. The topological polar surface area (TPSA) is 24.1 Å². The van der Waals surface area contributed by atoms with Crippen molar-refractivity contribution in [2.45, 2.75) is 11.8 Å². The molecule has 0 saturated carbocycles. The Morgan fingerprint density at radius 1 is 1.22 bits per heavy atom. The summed E-state index contributed by atoms with van der Waals surface area (Å²) in [6, 6.07) is 14.3. The molecule has 122 valence electrons. The van der Waals surface area contributed by atoms with Crippen LogP contribution in [-0.2, 0) is 0 Å². The van der Waals surface area contributed by atoms with Crippen molar-refractivity contribution in [2.75, 3.05) is 17.6 Å². The van der Waals surface area contributed by atoms with Crippen molar-refractivity contribution < 1.29 is 4.39 Å². The third-order valence-electron chi connectivity index (χ3n) is 3.08. The van der Waals surface area contributed by atoms with Crippen LogP contribution in [0.3, 0.4) is 0 Å². The molecule has 2 N–H and O–H groups in total. The van der Waals surface area contributed by atoms with Crippen molar-refractivity contribution in [3.8, 4) is 0 Å². The van der Waals surface area contributed by atoms with Gasteiger partial charge in [0.05, 0.1) is 5.69 Å². The van der Waals surface area contributed by atoms with Crippen molar-refractivity contribution >= 4 is 46.4 Å². The van der Waals surface area contributed by atoms with E-state index in [0.29, 0.717) is 16.7 Å². The first-order chi connectivity index (χ1) is 11.0. The standard InChI is InChI=1S/C17H18ClFN2S2/c1-12(11-23-14-8-6-13(18)7-9-14)10-20-17(22)21-16-5-3-2-4-15(16)19/h2-9,12H,10-11H2,1H3,(H2,20,21,22). The number of thioether (sulfide) groups is 1. The predicted octanol–water partition coefficient (Wildman–Crippen LogP) is 5.19. The minimum Gasteiger partial charge on any atom is -0.362 e. The van der Waals surface area contributed by atoms with E-state index in [-0.39, 0.29) is 5.82 Å². The molecule has 0 heterocycles. The highest BCUT2D eigenvalue weighted by Crippen LogP contribution is 2.22. The van der Waals surface area contributed by atoms with E-state index in [2.05, 4.69) is 17.6 Å². The van der Waals surface area contributed by atoms with Crippen LogP contribution in [0.25, 0.3) is 0 Å². The fraction of sp³-hybridized carbons (Fsp3) is 0.235. The maximum atomic E-state index is 13.5. The van der Waals surface area contributed by atoms with E-state index < -0.39 is 0 Å². The van der Waals surface area contributed by atoms with Gasteiger partial charge in [-0.25, -0.2) is 4.39 Å². The van der Waals surface area contributed by atoms with Crippen molar-refractivity contribution in [1.29, 1.82) is 0 Å². The Labute approximate surface area is 150 Å². The van der Waals surface area contributed by atoms with Gasteiger partial charge in [0.2, 0.25) is 0 Å². The summed E-state index contributed by atoms with van der Waals surface area (Å²) in [4.78, 5) is 1.19. The monoisotopic (exact) mass is 368 g/mol. The summed E-state index contributed by atoms with van der Waals surface area (Å²) >= 11 is 12.8. The van der Waals surface area contributed by atoms with Crippen LogP contribution < -0.4 is 10.6 Å². The number of hydrogen-bond acceptors (Lipinski definition) is 2. The SMILES string of the molecule is CC(CNC(=S)Nc1ccccc1F)CSc1ccc(Cl)cc1. The molecule has 0 saturated heterocycles. The second kappa shape index (κ2) is 9.11. The molecule has 0 amide bonds. The molecule has 1 atom stereocenters. The number of hydrogen-bond donors (Lipinski definition) is 2. The molecule has 0 spiro atoms. The van der Waals surface area contributed by atoms with Gasteiger partial charge in [0.15, 0.2) is 5.11 Å². The molecule has 0 fully saturated rings. The fourth-order valence-electron chi connectivity index (χ4n) is 1.82. The van der Waals surface area contributed by atoms with E-state index in [0.717, 1.165) is 17.3 Å². The molecule has 2 rings (SSSR count). The molecule has 0 bridgehead atoms. The van der Waals surface area contributed by atoms with Gasteiger partial charge in [-0.3, -0.25) is 0 Å². The van der Waals surface area contributed by atoms with E-state index in [4.69, 9.17) is 23.8 Å². The van der Waals surface area contributed by atoms with Crippen molar-refractivity contribution in [2.24, 2.45) is 5.92 Å². The Hall–Kier alpha value is -1.30. The van der Waals surface area contributed by atoms with Gasteiger partial charge in [-0.05, 0) is 54.5 Å². The van der Waals surface area contributed by atoms with E-state index in [1.165, 1.54) is 11.0 Å². The second-order valence-corrected chi connectivity index (χ2v) is 7.12. The number of rotatable bonds is 6. The first-order valence-corrected chi connectivity index (χ1v) is 8.99. The predicted molar refractivity (Wildman–Crippen MR) is 102 cm³/mol. The highest BCUT2D eigenvalue weighted by molar-refractivity contribution is 7.99. The number of benzene rings is 2. The number of anilines is 1. The van der Waals surface area contributed by atoms with Crippen LogP contribution in [0.1, 0.15) is 6.92 Å². The largest absolute Gasteiger partial charge is 0.362 e. The van der Waals surface area contributed by atoms with Crippen LogP contribution in [0.2, 0.25) is 5.02 Å². The highest BCUT2D eigenvalue weighted by Gasteiger charge is 2.06. The number of para-hydroxylation sites is 1. The van der Waals surface area contributed by atoms with Gasteiger partial charge in [-0.15, -0.1) is 11.8 Å². The number of halogens is 2. The number of thiocarbonyl (C=S) groups is 1. The Morgan fingerprint density at radius 3 is 2.61 bits per heavy atom. The van der Waals surface area contributed by atoms with Crippen LogP contribution in [0, 0.1) is 11.7 Å². The molecule has 0 aromatic heterocycles. The molecule has 0 aliphatic heterocycles. The summed E-state index contributed by atoms with van der Waals surface area (Å²) in [6.07, 6.45) is 0.